The Kier molecular flexibility index (Phi) is 3.46. The maximum Gasteiger partial charge on any atom is 0.226 e. The summed E-state index contributed by atoms with van der Waals surface area (Å²) in [4.78, 5) is 8.90. The summed E-state index contributed by atoms with van der Waals surface area (Å²) in [6.07, 6.45) is 5.50. The van der Waals surface area contributed by atoms with Gasteiger partial charge in [0.15, 0.2) is 5.65 Å². The van der Waals surface area contributed by atoms with Gasteiger partial charge in [-0.25, -0.2) is 0 Å². The molecule has 0 amide bonds. The van der Waals surface area contributed by atoms with Gasteiger partial charge in [0.25, 0.3) is 0 Å². The number of H-pyrrole nitrogens is 1. The first-order valence-electron chi connectivity index (χ1n) is 7.31. The van der Waals surface area contributed by atoms with E-state index in [2.05, 4.69) is 44.6 Å². The van der Waals surface area contributed by atoms with E-state index in [1.807, 2.05) is 7.05 Å². The van der Waals surface area contributed by atoms with Crippen molar-refractivity contribution < 1.29 is 0 Å². The summed E-state index contributed by atoms with van der Waals surface area (Å²) in [6, 6.07) is 0.478. The molecule has 2 atom stereocenters. The lowest BCUT2D eigenvalue weighted by Crippen LogP contribution is -2.30. The number of hydrogen-bond acceptors (Lipinski definition) is 5. The van der Waals surface area contributed by atoms with Crippen molar-refractivity contribution in [3.05, 3.63) is 6.20 Å². The zero-order valence-corrected chi connectivity index (χ0v) is 12.3. The number of anilines is 2. The normalized spacial score (nSPS) is 26.6. The van der Waals surface area contributed by atoms with E-state index >= 15 is 0 Å². The van der Waals surface area contributed by atoms with Crippen molar-refractivity contribution >= 4 is 22.8 Å². The minimum atomic E-state index is 0.478. The Morgan fingerprint density at radius 1 is 1.15 bits per heavy atom. The van der Waals surface area contributed by atoms with Crippen LogP contribution < -0.4 is 10.6 Å². The molecule has 0 radical (unpaired) electrons. The summed E-state index contributed by atoms with van der Waals surface area (Å²) >= 11 is 0. The van der Waals surface area contributed by atoms with Crippen LogP contribution in [0.2, 0.25) is 0 Å². The highest BCUT2D eigenvalue weighted by Crippen LogP contribution is 2.31. The van der Waals surface area contributed by atoms with E-state index in [0.717, 1.165) is 28.7 Å². The zero-order valence-electron chi connectivity index (χ0n) is 12.3. The van der Waals surface area contributed by atoms with E-state index < -0.39 is 0 Å². The molecule has 6 nitrogen and oxygen atoms in total. The van der Waals surface area contributed by atoms with Crippen molar-refractivity contribution in [3.8, 4) is 0 Å². The SMILES string of the molecule is CNc1nc(NC2CC(C)CC(C)C2)c2cn[nH]c2n1. The molecule has 1 saturated carbocycles. The van der Waals surface area contributed by atoms with Crippen LogP contribution in [0.3, 0.4) is 0 Å². The van der Waals surface area contributed by atoms with E-state index in [4.69, 9.17) is 0 Å². The average Bonchev–Trinajstić information content (AvgIpc) is 2.85. The second-order valence-electron chi connectivity index (χ2n) is 6.04. The molecule has 0 aromatic carbocycles. The lowest BCUT2D eigenvalue weighted by Gasteiger charge is -2.32. The number of fused-ring (bicyclic) bond motifs is 1. The Morgan fingerprint density at radius 3 is 2.60 bits per heavy atom. The Bertz CT molecular complexity index is 582. The summed E-state index contributed by atoms with van der Waals surface area (Å²) in [5.74, 6) is 3.02. The summed E-state index contributed by atoms with van der Waals surface area (Å²) in [5, 5.41) is 14.5. The molecule has 0 spiro atoms. The molecule has 6 heteroatoms. The van der Waals surface area contributed by atoms with Crippen LogP contribution in [0.1, 0.15) is 33.1 Å². The lowest BCUT2D eigenvalue weighted by molar-refractivity contribution is 0.280. The zero-order chi connectivity index (χ0) is 14.1. The van der Waals surface area contributed by atoms with E-state index in [-0.39, 0.29) is 0 Å². The van der Waals surface area contributed by atoms with Gasteiger partial charge in [-0.3, -0.25) is 5.10 Å². The first kappa shape index (κ1) is 13.1. The van der Waals surface area contributed by atoms with Crippen molar-refractivity contribution in [2.75, 3.05) is 17.7 Å². The van der Waals surface area contributed by atoms with Crippen molar-refractivity contribution in [1.29, 1.82) is 0 Å². The third kappa shape index (κ3) is 2.55. The van der Waals surface area contributed by atoms with Gasteiger partial charge in [-0.2, -0.15) is 15.1 Å². The van der Waals surface area contributed by atoms with Crippen molar-refractivity contribution in [2.24, 2.45) is 11.8 Å². The number of aromatic amines is 1. The third-order valence-corrected chi connectivity index (χ3v) is 4.05. The van der Waals surface area contributed by atoms with Crippen LogP contribution in [0.15, 0.2) is 6.20 Å². The smallest absolute Gasteiger partial charge is 0.226 e. The third-order valence-electron chi connectivity index (χ3n) is 4.05. The molecule has 1 aliphatic carbocycles. The molecule has 3 rings (SSSR count). The highest BCUT2D eigenvalue weighted by atomic mass is 15.2. The van der Waals surface area contributed by atoms with Gasteiger partial charge < -0.3 is 10.6 Å². The molecule has 2 aromatic heterocycles. The number of hydrogen-bond donors (Lipinski definition) is 3. The molecular formula is C14H22N6. The van der Waals surface area contributed by atoms with Crippen LogP contribution in [-0.4, -0.2) is 33.3 Å². The molecular weight excluding hydrogens is 252 g/mol. The van der Waals surface area contributed by atoms with Crippen molar-refractivity contribution in [2.45, 2.75) is 39.2 Å². The first-order chi connectivity index (χ1) is 9.65. The van der Waals surface area contributed by atoms with Crippen LogP contribution in [0, 0.1) is 11.8 Å². The fourth-order valence-electron chi connectivity index (χ4n) is 3.31. The molecule has 0 saturated heterocycles. The Labute approximate surface area is 118 Å². The average molecular weight is 274 g/mol. The van der Waals surface area contributed by atoms with Crippen LogP contribution in [0.4, 0.5) is 11.8 Å². The lowest BCUT2D eigenvalue weighted by atomic mass is 9.80. The Balaban J connectivity index is 1.87. The standard InChI is InChI=1S/C14H22N6/c1-8-4-9(2)6-10(5-8)17-12-11-7-16-20-13(11)19-14(15-3)18-12/h7-10H,4-6H2,1-3H3,(H3,15,16,17,18,19,20). The number of aromatic nitrogens is 4. The minimum Gasteiger partial charge on any atom is -0.367 e. The van der Waals surface area contributed by atoms with Gasteiger partial charge in [0.2, 0.25) is 5.95 Å². The first-order valence-corrected chi connectivity index (χ1v) is 7.31. The maximum absolute atomic E-state index is 4.54. The topological polar surface area (TPSA) is 78.5 Å². The molecule has 2 aromatic rings. The molecule has 3 N–H and O–H groups in total. The highest BCUT2D eigenvalue weighted by molar-refractivity contribution is 5.87. The van der Waals surface area contributed by atoms with E-state index in [1.165, 1.54) is 19.3 Å². The van der Waals surface area contributed by atoms with Gasteiger partial charge in [0, 0.05) is 13.1 Å². The van der Waals surface area contributed by atoms with E-state index in [9.17, 15) is 0 Å². The van der Waals surface area contributed by atoms with Crippen molar-refractivity contribution in [3.63, 3.8) is 0 Å². The highest BCUT2D eigenvalue weighted by Gasteiger charge is 2.24. The van der Waals surface area contributed by atoms with Gasteiger partial charge in [0.05, 0.1) is 11.6 Å². The van der Waals surface area contributed by atoms with Gasteiger partial charge in [0.1, 0.15) is 5.82 Å². The van der Waals surface area contributed by atoms with Crippen LogP contribution in [0.25, 0.3) is 11.0 Å². The number of nitrogens with zero attached hydrogens (tertiary/aromatic N) is 3. The summed E-state index contributed by atoms with van der Waals surface area (Å²) < 4.78 is 0. The van der Waals surface area contributed by atoms with Crippen LogP contribution in [-0.2, 0) is 0 Å². The maximum atomic E-state index is 4.54. The largest absolute Gasteiger partial charge is 0.367 e. The molecule has 2 heterocycles. The van der Waals surface area contributed by atoms with Crippen LogP contribution >= 0.6 is 0 Å². The predicted molar refractivity (Wildman–Crippen MR) is 80.8 cm³/mol. The predicted octanol–water partition coefficient (Wildman–Crippen LogP) is 2.63. The molecule has 108 valence electrons. The fraction of sp³-hybridized carbons (Fsp3) is 0.643. The summed E-state index contributed by atoms with van der Waals surface area (Å²) in [7, 11) is 1.83. The fourth-order valence-corrected chi connectivity index (χ4v) is 3.31. The van der Waals surface area contributed by atoms with Gasteiger partial charge in [-0.15, -0.1) is 0 Å². The number of rotatable bonds is 3. The van der Waals surface area contributed by atoms with E-state index in [1.54, 1.807) is 6.20 Å². The van der Waals surface area contributed by atoms with Crippen molar-refractivity contribution in [1.82, 2.24) is 20.2 Å². The summed E-state index contributed by atoms with van der Waals surface area (Å²) in [5.41, 5.74) is 0.767. The molecule has 20 heavy (non-hydrogen) atoms. The van der Waals surface area contributed by atoms with Crippen LogP contribution in [0.5, 0.6) is 0 Å². The van der Waals surface area contributed by atoms with Gasteiger partial charge >= 0.3 is 0 Å². The minimum absolute atomic E-state index is 0.478. The molecule has 0 bridgehead atoms. The monoisotopic (exact) mass is 274 g/mol. The Hall–Kier alpha value is -1.85. The Morgan fingerprint density at radius 2 is 1.90 bits per heavy atom. The summed E-state index contributed by atoms with van der Waals surface area (Å²) in [6.45, 7) is 4.66. The molecule has 2 unspecified atom stereocenters. The molecule has 1 fully saturated rings. The molecule has 0 aliphatic heterocycles. The second-order valence-corrected chi connectivity index (χ2v) is 6.04. The molecule has 1 aliphatic rings. The van der Waals surface area contributed by atoms with E-state index in [0.29, 0.717) is 12.0 Å². The second kappa shape index (κ2) is 5.26. The quantitative estimate of drug-likeness (QED) is 0.802. The van der Waals surface area contributed by atoms with Gasteiger partial charge in [-0.05, 0) is 31.1 Å². The number of nitrogens with one attached hydrogen (secondary N) is 3. The van der Waals surface area contributed by atoms with Gasteiger partial charge in [-0.1, -0.05) is 13.8 Å².